The summed E-state index contributed by atoms with van der Waals surface area (Å²) in [6.45, 7) is 2.04. The van der Waals surface area contributed by atoms with E-state index in [1.807, 2.05) is 6.92 Å². The van der Waals surface area contributed by atoms with Gasteiger partial charge in [-0.15, -0.1) is 0 Å². The van der Waals surface area contributed by atoms with Gasteiger partial charge in [-0.1, -0.05) is 0 Å². The minimum atomic E-state index is -0.741. The summed E-state index contributed by atoms with van der Waals surface area (Å²) in [7, 11) is 0. The molecular weight excluding hydrogens is 285 g/mol. The van der Waals surface area contributed by atoms with E-state index in [-0.39, 0.29) is 12.5 Å². The number of halogens is 1. The van der Waals surface area contributed by atoms with Crippen LogP contribution in [-0.4, -0.2) is 27.3 Å². The van der Waals surface area contributed by atoms with Crippen molar-refractivity contribution in [1.29, 1.82) is 0 Å². The fourth-order valence-corrected chi connectivity index (χ4v) is 1.90. The molecule has 2 rings (SSSR count). The van der Waals surface area contributed by atoms with E-state index in [1.54, 1.807) is 0 Å². The molecule has 1 aromatic heterocycles. The number of aromatic nitrogens is 2. The number of nitrogens with one attached hydrogen (secondary N) is 1. The monoisotopic (exact) mass is 293 g/mol. The molecule has 0 bridgehead atoms. The van der Waals surface area contributed by atoms with Crippen molar-refractivity contribution in [2.45, 2.75) is 13.2 Å². The number of carbonyl (C=O) groups excluding carboxylic acids is 1. The Morgan fingerprint density at radius 1 is 1.77 bits per heavy atom. The summed E-state index contributed by atoms with van der Waals surface area (Å²) in [4.78, 5) is 11.4. The summed E-state index contributed by atoms with van der Waals surface area (Å²) in [5, 5.41) is 16.2. The molecule has 0 fully saturated rings. The van der Waals surface area contributed by atoms with Crippen LogP contribution in [0.5, 0.6) is 0 Å². The Bertz CT molecular complexity index is 374. The molecule has 1 aliphatic rings. The van der Waals surface area contributed by atoms with E-state index < -0.39 is 6.23 Å². The minimum Gasteiger partial charge on any atom is -0.370 e. The van der Waals surface area contributed by atoms with Crippen LogP contribution >= 0.6 is 22.6 Å². The second-order valence-electron chi connectivity index (χ2n) is 2.88. The lowest BCUT2D eigenvalue weighted by Crippen LogP contribution is -2.39. The van der Waals surface area contributed by atoms with Gasteiger partial charge in [-0.25, -0.2) is 4.68 Å². The summed E-state index contributed by atoms with van der Waals surface area (Å²) in [6.07, 6.45) is -0.741. The first-order chi connectivity index (χ1) is 6.11. The number of fused-ring (bicyclic) bond motifs is 1. The van der Waals surface area contributed by atoms with Crippen molar-refractivity contribution in [2.75, 3.05) is 6.54 Å². The average Bonchev–Trinajstić information content (AvgIpc) is 2.38. The van der Waals surface area contributed by atoms with Gasteiger partial charge < -0.3 is 10.4 Å². The first kappa shape index (κ1) is 8.95. The fourth-order valence-electron chi connectivity index (χ4n) is 1.30. The molecule has 0 radical (unpaired) electrons. The quantitative estimate of drug-likeness (QED) is 0.663. The lowest BCUT2D eigenvalue weighted by Gasteiger charge is -2.20. The molecule has 5 nitrogen and oxygen atoms in total. The Kier molecular flexibility index (Phi) is 2.03. The van der Waals surface area contributed by atoms with Gasteiger partial charge in [0.25, 0.3) is 5.91 Å². The van der Waals surface area contributed by atoms with Crippen LogP contribution in [-0.2, 0) is 0 Å². The van der Waals surface area contributed by atoms with Gasteiger partial charge in [0.05, 0.1) is 15.8 Å². The number of nitrogens with zero attached hydrogens (tertiary/aromatic N) is 2. The molecule has 0 aromatic carbocycles. The molecule has 6 heteroatoms. The van der Waals surface area contributed by atoms with E-state index in [1.165, 1.54) is 4.68 Å². The fraction of sp³-hybridized carbons (Fsp3) is 0.429. The van der Waals surface area contributed by atoms with Gasteiger partial charge in [-0.2, -0.15) is 5.10 Å². The average molecular weight is 293 g/mol. The summed E-state index contributed by atoms with van der Waals surface area (Å²) in [5.41, 5.74) is 1.23. The second kappa shape index (κ2) is 2.95. The number of hydrogen-bond acceptors (Lipinski definition) is 3. The van der Waals surface area contributed by atoms with Crippen LogP contribution in [0.3, 0.4) is 0 Å². The van der Waals surface area contributed by atoms with Crippen LogP contribution < -0.4 is 5.32 Å². The molecule has 1 aromatic rings. The third-order valence-electron chi connectivity index (χ3n) is 1.95. The third-order valence-corrected chi connectivity index (χ3v) is 3.25. The molecule has 1 atom stereocenters. The van der Waals surface area contributed by atoms with E-state index in [2.05, 4.69) is 33.0 Å². The molecular formula is C7H8IN3O2. The normalized spacial score (nSPS) is 21.2. The second-order valence-corrected chi connectivity index (χ2v) is 3.96. The van der Waals surface area contributed by atoms with Crippen LogP contribution in [0.15, 0.2) is 0 Å². The van der Waals surface area contributed by atoms with Gasteiger partial charge in [-0.3, -0.25) is 4.79 Å². The number of carbonyl (C=O) groups is 1. The molecule has 1 amide bonds. The van der Waals surface area contributed by atoms with Gasteiger partial charge in [0.1, 0.15) is 5.69 Å². The lowest BCUT2D eigenvalue weighted by atomic mass is 10.3. The van der Waals surface area contributed by atoms with Gasteiger partial charge in [0.15, 0.2) is 6.23 Å². The molecule has 0 saturated carbocycles. The van der Waals surface area contributed by atoms with Crippen molar-refractivity contribution in [3.63, 3.8) is 0 Å². The highest BCUT2D eigenvalue weighted by atomic mass is 127. The number of aryl methyl sites for hydroxylation is 1. The van der Waals surface area contributed by atoms with Crippen molar-refractivity contribution in [3.05, 3.63) is 15.0 Å². The number of aliphatic hydroxyl groups excluding tert-OH is 1. The topological polar surface area (TPSA) is 67.2 Å². The predicted molar refractivity (Wildman–Crippen MR) is 53.3 cm³/mol. The number of β-amino-alcohol motifs (C(OH)–C–C–N with tert-alkyl or cyclic N) is 1. The molecule has 13 heavy (non-hydrogen) atoms. The van der Waals surface area contributed by atoms with E-state index in [9.17, 15) is 9.90 Å². The lowest BCUT2D eigenvalue weighted by molar-refractivity contribution is 0.0590. The predicted octanol–water partition coefficient (Wildman–Crippen LogP) is 0.0304. The number of aliphatic hydroxyl groups is 1. The number of hydrogen-bond donors (Lipinski definition) is 2. The van der Waals surface area contributed by atoms with Crippen molar-refractivity contribution >= 4 is 28.5 Å². The largest absolute Gasteiger partial charge is 0.370 e. The van der Waals surface area contributed by atoms with Gasteiger partial charge in [0.2, 0.25) is 0 Å². The van der Waals surface area contributed by atoms with Crippen molar-refractivity contribution in [3.8, 4) is 0 Å². The Morgan fingerprint density at radius 2 is 2.46 bits per heavy atom. The maximum absolute atomic E-state index is 11.4. The van der Waals surface area contributed by atoms with E-state index >= 15 is 0 Å². The van der Waals surface area contributed by atoms with Crippen LogP contribution in [0.25, 0.3) is 0 Å². The molecule has 70 valence electrons. The van der Waals surface area contributed by atoms with E-state index in [0.29, 0.717) is 5.69 Å². The van der Waals surface area contributed by atoms with Gasteiger partial charge in [0, 0.05) is 0 Å². The number of amides is 1. The summed E-state index contributed by atoms with van der Waals surface area (Å²) in [6, 6.07) is 0. The smallest absolute Gasteiger partial charge is 0.270 e. The first-order valence-corrected chi connectivity index (χ1v) is 4.90. The highest BCUT2D eigenvalue weighted by Gasteiger charge is 2.28. The molecule has 1 aliphatic heterocycles. The third kappa shape index (κ3) is 1.24. The molecule has 0 aliphatic carbocycles. The summed E-state index contributed by atoms with van der Waals surface area (Å²) >= 11 is 2.05. The maximum Gasteiger partial charge on any atom is 0.270 e. The van der Waals surface area contributed by atoms with Crippen LogP contribution in [0.4, 0.5) is 0 Å². The van der Waals surface area contributed by atoms with Gasteiger partial charge in [-0.05, 0) is 29.5 Å². The zero-order valence-electron chi connectivity index (χ0n) is 6.91. The molecule has 0 spiro atoms. The molecule has 2 N–H and O–H groups in total. The molecule has 0 saturated heterocycles. The molecule has 1 unspecified atom stereocenters. The van der Waals surface area contributed by atoms with E-state index in [4.69, 9.17) is 0 Å². The van der Waals surface area contributed by atoms with Crippen LogP contribution in [0, 0.1) is 10.5 Å². The van der Waals surface area contributed by atoms with E-state index in [0.717, 1.165) is 9.26 Å². The zero-order valence-corrected chi connectivity index (χ0v) is 9.07. The van der Waals surface area contributed by atoms with Crippen molar-refractivity contribution in [1.82, 2.24) is 15.1 Å². The number of rotatable bonds is 0. The van der Waals surface area contributed by atoms with Crippen LogP contribution in [0.2, 0.25) is 0 Å². The maximum atomic E-state index is 11.4. The Balaban J connectivity index is 2.63. The Labute approximate surface area is 88.3 Å². The van der Waals surface area contributed by atoms with Crippen molar-refractivity contribution in [2.24, 2.45) is 0 Å². The SMILES string of the molecule is Cc1nn2c(c1I)C(=O)NCC2O. The standard InChI is InChI=1S/C7H8IN3O2/c1-3-5(8)6-7(13)9-2-4(12)11(6)10-3/h4,12H,2H2,1H3,(H,9,13). The highest BCUT2D eigenvalue weighted by Crippen LogP contribution is 2.21. The molecule has 2 heterocycles. The summed E-state index contributed by atoms with van der Waals surface area (Å²) < 4.78 is 2.17. The zero-order chi connectivity index (χ0) is 9.59. The Morgan fingerprint density at radius 3 is 3.08 bits per heavy atom. The van der Waals surface area contributed by atoms with Crippen molar-refractivity contribution < 1.29 is 9.90 Å². The van der Waals surface area contributed by atoms with Crippen LogP contribution in [0.1, 0.15) is 22.4 Å². The summed E-state index contributed by atoms with van der Waals surface area (Å²) in [5.74, 6) is -0.171. The minimum absolute atomic E-state index is 0.171. The van der Waals surface area contributed by atoms with Gasteiger partial charge >= 0.3 is 0 Å². The highest BCUT2D eigenvalue weighted by molar-refractivity contribution is 14.1. The Hall–Kier alpha value is -0.630. The first-order valence-electron chi connectivity index (χ1n) is 3.82.